The van der Waals surface area contributed by atoms with Crippen molar-refractivity contribution >= 4 is 15.9 Å². The molecule has 8 heteroatoms. The van der Waals surface area contributed by atoms with Crippen LogP contribution in [0.1, 0.15) is 30.9 Å². The van der Waals surface area contributed by atoms with Gasteiger partial charge in [0, 0.05) is 31.0 Å². The Morgan fingerprint density at radius 3 is 2.45 bits per heavy atom. The molecule has 2 aromatic rings. The van der Waals surface area contributed by atoms with Gasteiger partial charge in [0.05, 0.1) is 17.5 Å². The van der Waals surface area contributed by atoms with Gasteiger partial charge in [-0.25, -0.2) is 12.8 Å². The number of nitrogens with one attached hydrogen (secondary N) is 1. The molecule has 6 nitrogen and oxygen atoms in total. The van der Waals surface area contributed by atoms with E-state index in [4.69, 9.17) is 4.74 Å². The topological polar surface area (TPSA) is 75.7 Å². The van der Waals surface area contributed by atoms with E-state index in [1.54, 1.807) is 0 Å². The minimum absolute atomic E-state index is 0.0504. The van der Waals surface area contributed by atoms with Crippen molar-refractivity contribution in [2.24, 2.45) is 5.92 Å². The van der Waals surface area contributed by atoms with Crippen LogP contribution in [0.25, 0.3) is 0 Å². The number of carbonyl (C=O) groups is 1. The fourth-order valence-electron chi connectivity index (χ4n) is 3.90. The highest BCUT2D eigenvalue weighted by molar-refractivity contribution is 7.89. The molecule has 2 aromatic carbocycles. The van der Waals surface area contributed by atoms with Gasteiger partial charge in [0.1, 0.15) is 11.6 Å². The average Bonchev–Trinajstić information content (AvgIpc) is 2.74. The van der Waals surface area contributed by atoms with Crippen LogP contribution in [0.5, 0.6) is 5.75 Å². The number of fused-ring (bicyclic) bond motifs is 1. The van der Waals surface area contributed by atoms with Gasteiger partial charge in [-0.3, -0.25) is 4.79 Å². The molecule has 0 radical (unpaired) electrons. The number of nitrogens with zero attached hydrogens (tertiary/aromatic N) is 1. The predicted octanol–water partition coefficient (Wildman–Crippen LogP) is 2.87. The molecule has 1 amide bonds. The molecular weight excluding hydrogens is 395 g/mol. The van der Waals surface area contributed by atoms with Crippen molar-refractivity contribution in [2.45, 2.75) is 30.2 Å². The van der Waals surface area contributed by atoms with Crippen LogP contribution in [0.4, 0.5) is 4.39 Å². The Morgan fingerprint density at radius 1 is 1.03 bits per heavy atom. The number of carbonyl (C=O) groups excluding carboxylic acids is 1. The van der Waals surface area contributed by atoms with Gasteiger partial charge in [-0.2, -0.15) is 4.31 Å². The van der Waals surface area contributed by atoms with E-state index in [1.165, 1.54) is 16.4 Å². The highest BCUT2D eigenvalue weighted by atomic mass is 32.2. The Morgan fingerprint density at radius 2 is 1.72 bits per heavy atom. The summed E-state index contributed by atoms with van der Waals surface area (Å²) in [4.78, 5) is 12.8. The Labute approximate surface area is 169 Å². The summed E-state index contributed by atoms with van der Waals surface area (Å²) in [5.41, 5.74) is 0.975. The quantitative estimate of drug-likeness (QED) is 0.829. The largest absolute Gasteiger partial charge is 0.493 e. The van der Waals surface area contributed by atoms with E-state index < -0.39 is 15.8 Å². The Kier molecular flexibility index (Phi) is 5.56. The third-order valence-electron chi connectivity index (χ3n) is 5.55. The molecule has 0 spiro atoms. The Balaban J connectivity index is 1.37. The molecular formula is C21H23FN2O4S. The van der Waals surface area contributed by atoms with Gasteiger partial charge in [-0.05, 0) is 43.2 Å². The van der Waals surface area contributed by atoms with Gasteiger partial charge >= 0.3 is 0 Å². The monoisotopic (exact) mass is 418 g/mol. The van der Waals surface area contributed by atoms with E-state index in [-0.39, 0.29) is 35.9 Å². The molecule has 29 heavy (non-hydrogen) atoms. The summed E-state index contributed by atoms with van der Waals surface area (Å²) >= 11 is 0. The second kappa shape index (κ2) is 8.12. The number of benzene rings is 2. The number of ether oxygens (including phenoxy) is 1. The third kappa shape index (κ3) is 4.13. The van der Waals surface area contributed by atoms with E-state index in [2.05, 4.69) is 5.32 Å². The van der Waals surface area contributed by atoms with Gasteiger partial charge in [0.25, 0.3) is 0 Å². The zero-order chi connectivity index (χ0) is 20.4. The van der Waals surface area contributed by atoms with E-state index in [0.29, 0.717) is 25.9 Å². The van der Waals surface area contributed by atoms with Crippen molar-refractivity contribution in [1.29, 1.82) is 0 Å². The molecule has 1 fully saturated rings. The molecule has 0 bridgehead atoms. The second-order valence-electron chi connectivity index (χ2n) is 7.37. The number of hydrogen-bond acceptors (Lipinski definition) is 4. The summed E-state index contributed by atoms with van der Waals surface area (Å²) in [7, 11) is -3.68. The summed E-state index contributed by atoms with van der Waals surface area (Å²) in [6, 6.07) is 12.4. The number of halogens is 1. The summed E-state index contributed by atoms with van der Waals surface area (Å²) in [5.74, 6) is 0.0356. The van der Waals surface area contributed by atoms with Gasteiger partial charge in [-0.15, -0.1) is 0 Å². The maximum atomic E-state index is 13.1. The Hall–Kier alpha value is -2.45. The normalized spacial score (nSPS) is 20.5. The van der Waals surface area contributed by atoms with Crippen molar-refractivity contribution in [1.82, 2.24) is 9.62 Å². The van der Waals surface area contributed by atoms with E-state index in [0.717, 1.165) is 23.4 Å². The summed E-state index contributed by atoms with van der Waals surface area (Å²) in [5, 5.41) is 3.11. The number of amides is 1. The van der Waals surface area contributed by atoms with E-state index in [1.807, 2.05) is 24.3 Å². The number of piperidine rings is 1. The first-order valence-electron chi connectivity index (χ1n) is 9.73. The molecule has 0 saturated carbocycles. The lowest BCUT2D eigenvalue weighted by Crippen LogP contribution is -2.44. The minimum atomic E-state index is -3.68. The van der Waals surface area contributed by atoms with Gasteiger partial charge in [-0.1, -0.05) is 18.2 Å². The molecule has 154 valence electrons. The lowest BCUT2D eigenvalue weighted by molar-refractivity contribution is -0.127. The molecule has 1 atom stereocenters. The fourth-order valence-corrected chi connectivity index (χ4v) is 5.37. The first-order valence-corrected chi connectivity index (χ1v) is 11.2. The highest BCUT2D eigenvalue weighted by Crippen LogP contribution is 2.32. The van der Waals surface area contributed by atoms with Crippen molar-refractivity contribution in [3.8, 4) is 5.75 Å². The van der Waals surface area contributed by atoms with Crippen molar-refractivity contribution in [3.05, 3.63) is 59.9 Å². The van der Waals surface area contributed by atoms with Crippen molar-refractivity contribution in [2.75, 3.05) is 19.7 Å². The van der Waals surface area contributed by atoms with Crippen molar-refractivity contribution in [3.63, 3.8) is 0 Å². The van der Waals surface area contributed by atoms with Crippen LogP contribution < -0.4 is 10.1 Å². The molecule has 2 aliphatic rings. The molecule has 0 aliphatic carbocycles. The van der Waals surface area contributed by atoms with Crippen LogP contribution in [-0.4, -0.2) is 38.3 Å². The lowest BCUT2D eigenvalue weighted by Gasteiger charge is -2.32. The predicted molar refractivity (Wildman–Crippen MR) is 105 cm³/mol. The van der Waals surface area contributed by atoms with Crippen LogP contribution in [0.3, 0.4) is 0 Å². The van der Waals surface area contributed by atoms with Crippen LogP contribution in [0, 0.1) is 11.7 Å². The van der Waals surface area contributed by atoms with Crippen LogP contribution in [0.15, 0.2) is 53.4 Å². The zero-order valence-corrected chi connectivity index (χ0v) is 16.7. The van der Waals surface area contributed by atoms with Gasteiger partial charge < -0.3 is 10.1 Å². The van der Waals surface area contributed by atoms with Crippen LogP contribution >= 0.6 is 0 Å². The molecule has 0 unspecified atom stereocenters. The number of sulfonamides is 1. The first kappa shape index (κ1) is 19.8. The highest BCUT2D eigenvalue weighted by Gasteiger charge is 2.33. The lowest BCUT2D eigenvalue weighted by atomic mass is 9.95. The molecule has 4 rings (SSSR count). The van der Waals surface area contributed by atoms with E-state index >= 15 is 0 Å². The SMILES string of the molecule is O=C(N[C@H]1CCOc2ccccc21)C1CCN(S(=O)(=O)c2ccc(F)cc2)CC1. The van der Waals surface area contributed by atoms with Gasteiger partial charge in [0.15, 0.2) is 0 Å². The maximum Gasteiger partial charge on any atom is 0.243 e. The third-order valence-corrected chi connectivity index (χ3v) is 7.46. The fraction of sp³-hybridized carbons (Fsp3) is 0.381. The van der Waals surface area contributed by atoms with Crippen LogP contribution in [0.2, 0.25) is 0 Å². The molecule has 2 aliphatic heterocycles. The van der Waals surface area contributed by atoms with Crippen molar-refractivity contribution < 1.29 is 22.3 Å². The summed E-state index contributed by atoms with van der Waals surface area (Å²) in [6.45, 7) is 1.08. The zero-order valence-electron chi connectivity index (χ0n) is 15.9. The standard InChI is InChI=1S/C21H23FN2O4S/c22-16-5-7-17(8-6-16)29(26,27)24-12-9-15(10-13-24)21(25)23-19-11-14-28-20-4-2-1-3-18(19)20/h1-8,15,19H,9-14H2,(H,23,25)/t19-/m0/s1. The molecule has 2 heterocycles. The number of para-hydroxylation sites is 1. The van der Waals surface area contributed by atoms with Crippen LogP contribution in [-0.2, 0) is 14.8 Å². The molecule has 1 saturated heterocycles. The van der Waals surface area contributed by atoms with Gasteiger partial charge in [0.2, 0.25) is 15.9 Å². The van der Waals surface area contributed by atoms with E-state index in [9.17, 15) is 17.6 Å². The smallest absolute Gasteiger partial charge is 0.243 e. The Bertz CT molecular complexity index is 986. The molecule has 0 aromatic heterocycles. The minimum Gasteiger partial charge on any atom is -0.493 e. The number of rotatable bonds is 4. The first-order chi connectivity index (χ1) is 13.9. The number of hydrogen-bond donors (Lipinski definition) is 1. The average molecular weight is 418 g/mol. The summed E-state index contributed by atoms with van der Waals surface area (Å²) in [6.07, 6.45) is 1.62. The second-order valence-corrected chi connectivity index (χ2v) is 9.31. The maximum absolute atomic E-state index is 13.1. The summed E-state index contributed by atoms with van der Waals surface area (Å²) < 4.78 is 45.5. The molecule has 1 N–H and O–H groups in total.